The van der Waals surface area contributed by atoms with Gasteiger partial charge >= 0.3 is 0 Å². The molecule has 2 heterocycles. The Balaban J connectivity index is 1.39. The third-order valence-corrected chi connectivity index (χ3v) is 6.73. The van der Waals surface area contributed by atoms with Crippen molar-refractivity contribution in [2.45, 2.75) is 13.3 Å². The average molecular weight is 495 g/mol. The largest absolute Gasteiger partial charge is 0.497 e. The van der Waals surface area contributed by atoms with E-state index in [1.165, 1.54) is 22.7 Å². The fourth-order valence-corrected chi connectivity index (χ4v) is 4.84. The van der Waals surface area contributed by atoms with Crippen LogP contribution >= 0.6 is 22.7 Å². The molecule has 0 saturated heterocycles. The Labute approximate surface area is 204 Å². The Bertz CT molecular complexity index is 1300. The number of hydrogen-bond donors (Lipinski definition) is 2. The minimum atomic E-state index is -0.257. The fourth-order valence-electron chi connectivity index (χ4n) is 3.13. The quantitative estimate of drug-likeness (QED) is 0.356. The van der Waals surface area contributed by atoms with Gasteiger partial charge in [-0.05, 0) is 48.9 Å². The van der Waals surface area contributed by atoms with Crippen LogP contribution in [0, 0.1) is 6.92 Å². The molecule has 2 amide bonds. The summed E-state index contributed by atoms with van der Waals surface area (Å²) >= 11 is 2.67. The van der Waals surface area contributed by atoms with E-state index < -0.39 is 0 Å². The molecule has 34 heavy (non-hydrogen) atoms. The van der Waals surface area contributed by atoms with Crippen molar-refractivity contribution >= 4 is 44.8 Å². The average Bonchev–Trinajstić information content (AvgIpc) is 3.45. The highest BCUT2D eigenvalue weighted by molar-refractivity contribution is 7.20. The highest BCUT2D eigenvalue weighted by atomic mass is 32.1. The number of benzene rings is 2. The standard InChI is InChI=1S/C24H22N4O4S2/c1-14-21(34-24(25-14)28-22(30)16-6-10-18(32-3)11-7-16)19-13-33-23(26-19)27-20(29)12-15-4-8-17(31-2)9-5-15/h4-11,13H,12H2,1-3H3,(H,25,28,30)(H,26,27,29). The zero-order valence-corrected chi connectivity index (χ0v) is 20.4. The number of thiazole rings is 2. The van der Waals surface area contributed by atoms with Gasteiger partial charge in [-0.2, -0.15) is 0 Å². The van der Waals surface area contributed by atoms with Crippen LogP contribution in [0.4, 0.5) is 10.3 Å². The normalized spacial score (nSPS) is 10.6. The van der Waals surface area contributed by atoms with Crippen molar-refractivity contribution < 1.29 is 19.1 Å². The van der Waals surface area contributed by atoms with Gasteiger partial charge in [0.25, 0.3) is 5.91 Å². The lowest BCUT2D eigenvalue weighted by Crippen LogP contribution is -2.14. The van der Waals surface area contributed by atoms with E-state index >= 15 is 0 Å². The van der Waals surface area contributed by atoms with Crippen LogP contribution in [0.2, 0.25) is 0 Å². The van der Waals surface area contributed by atoms with Gasteiger partial charge in [-0.1, -0.05) is 23.5 Å². The van der Waals surface area contributed by atoms with Gasteiger partial charge in [-0.3, -0.25) is 14.9 Å². The third-order valence-electron chi connectivity index (χ3n) is 4.88. The minimum Gasteiger partial charge on any atom is -0.497 e. The van der Waals surface area contributed by atoms with Crippen LogP contribution in [0.5, 0.6) is 11.5 Å². The Morgan fingerprint density at radius 1 is 0.882 bits per heavy atom. The first-order valence-corrected chi connectivity index (χ1v) is 12.0. The summed E-state index contributed by atoms with van der Waals surface area (Å²) in [6, 6.07) is 14.2. The number of nitrogens with one attached hydrogen (secondary N) is 2. The smallest absolute Gasteiger partial charge is 0.257 e. The second-order valence-electron chi connectivity index (χ2n) is 7.23. The number of ether oxygens (including phenoxy) is 2. The van der Waals surface area contributed by atoms with Gasteiger partial charge in [-0.15, -0.1) is 11.3 Å². The maximum atomic E-state index is 12.5. The van der Waals surface area contributed by atoms with Crippen LogP contribution in [0.3, 0.4) is 0 Å². The number of anilines is 2. The van der Waals surface area contributed by atoms with E-state index in [9.17, 15) is 9.59 Å². The SMILES string of the molecule is COc1ccc(CC(=O)Nc2nc(-c3sc(NC(=O)c4ccc(OC)cc4)nc3C)cs2)cc1. The van der Waals surface area contributed by atoms with E-state index in [2.05, 4.69) is 20.6 Å². The molecule has 0 aliphatic heterocycles. The summed E-state index contributed by atoms with van der Waals surface area (Å²) in [5, 5.41) is 8.51. The van der Waals surface area contributed by atoms with Crippen LogP contribution in [0.15, 0.2) is 53.9 Å². The topological polar surface area (TPSA) is 102 Å². The second-order valence-corrected chi connectivity index (χ2v) is 9.08. The molecular weight excluding hydrogens is 472 g/mol. The Hall–Kier alpha value is -3.76. The molecule has 0 radical (unpaired) electrons. The molecule has 0 atom stereocenters. The Kier molecular flexibility index (Phi) is 7.19. The van der Waals surface area contributed by atoms with E-state index in [1.54, 1.807) is 38.5 Å². The highest BCUT2D eigenvalue weighted by Crippen LogP contribution is 2.34. The zero-order valence-electron chi connectivity index (χ0n) is 18.7. The van der Waals surface area contributed by atoms with Crippen LogP contribution in [0.25, 0.3) is 10.6 Å². The summed E-state index contributed by atoms with van der Waals surface area (Å²) in [7, 11) is 3.18. The lowest BCUT2D eigenvalue weighted by molar-refractivity contribution is -0.115. The molecule has 0 fully saturated rings. The van der Waals surface area contributed by atoms with Gasteiger partial charge in [-0.25, -0.2) is 9.97 Å². The first kappa shape index (κ1) is 23.4. The molecule has 0 aliphatic carbocycles. The van der Waals surface area contributed by atoms with E-state index in [4.69, 9.17) is 9.47 Å². The van der Waals surface area contributed by atoms with Gasteiger partial charge in [0.2, 0.25) is 5.91 Å². The number of carbonyl (C=O) groups excluding carboxylic acids is 2. The van der Waals surface area contributed by atoms with E-state index in [1.807, 2.05) is 36.6 Å². The first-order valence-electron chi connectivity index (χ1n) is 10.3. The molecule has 0 spiro atoms. The number of nitrogens with zero attached hydrogens (tertiary/aromatic N) is 2. The molecule has 0 saturated carbocycles. The van der Waals surface area contributed by atoms with Crippen LogP contribution in [0.1, 0.15) is 21.6 Å². The number of carbonyl (C=O) groups is 2. The summed E-state index contributed by atoms with van der Waals surface area (Å²) in [6.45, 7) is 1.86. The molecule has 4 rings (SSSR count). The number of aromatic nitrogens is 2. The molecule has 8 nitrogen and oxygen atoms in total. The number of aryl methyl sites for hydroxylation is 1. The molecule has 4 aromatic rings. The molecule has 10 heteroatoms. The summed E-state index contributed by atoms with van der Waals surface area (Å²) < 4.78 is 10.3. The van der Waals surface area contributed by atoms with Crippen molar-refractivity contribution in [3.63, 3.8) is 0 Å². The lowest BCUT2D eigenvalue weighted by Gasteiger charge is -2.03. The number of hydrogen-bond acceptors (Lipinski definition) is 8. The van der Waals surface area contributed by atoms with Crippen molar-refractivity contribution in [1.82, 2.24) is 9.97 Å². The summed E-state index contributed by atoms with van der Waals surface area (Å²) in [5.74, 6) is 1.01. The molecular formula is C24H22N4O4S2. The van der Waals surface area contributed by atoms with Crippen LogP contribution in [-0.2, 0) is 11.2 Å². The van der Waals surface area contributed by atoms with Crippen molar-refractivity contribution in [3.05, 3.63) is 70.7 Å². The second kappa shape index (κ2) is 10.4. The monoisotopic (exact) mass is 494 g/mol. The summed E-state index contributed by atoms with van der Waals surface area (Å²) in [5.41, 5.74) is 2.83. The van der Waals surface area contributed by atoms with Crippen molar-refractivity contribution in [1.29, 1.82) is 0 Å². The molecule has 0 unspecified atom stereocenters. The maximum Gasteiger partial charge on any atom is 0.257 e. The van der Waals surface area contributed by atoms with Gasteiger partial charge in [0.15, 0.2) is 10.3 Å². The van der Waals surface area contributed by atoms with Crippen molar-refractivity contribution in [2.24, 2.45) is 0 Å². The van der Waals surface area contributed by atoms with Crippen LogP contribution in [-0.4, -0.2) is 36.0 Å². The van der Waals surface area contributed by atoms with E-state index in [0.29, 0.717) is 27.3 Å². The van der Waals surface area contributed by atoms with E-state index in [0.717, 1.165) is 21.9 Å². The van der Waals surface area contributed by atoms with Crippen molar-refractivity contribution in [3.8, 4) is 22.1 Å². The fraction of sp³-hybridized carbons (Fsp3) is 0.167. The first-order chi connectivity index (χ1) is 16.4. The highest BCUT2D eigenvalue weighted by Gasteiger charge is 2.16. The number of methoxy groups -OCH3 is 2. The van der Waals surface area contributed by atoms with Gasteiger partial charge in [0.05, 0.1) is 36.9 Å². The lowest BCUT2D eigenvalue weighted by atomic mass is 10.1. The molecule has 0 aliphatic rings. The molecule has 2 N–H and O–H groups in total. The number of rotatable bonds is 8. The molecule has 0 bridgehead atoms. The van der Waals surface area contributed by atoms with E-state index in [-0.39, 0.29) is 18.2 Å². The van der Waals surface area contributed by atoms with Gasteiger partial charge in [0.1, 0.15) is 11.5 Å². The zero-order chi connectivity index (χ0) is 24.1. The van der Waals surface area contributed by atoms with Gasteiger partial charge < -0.3 is 14.8 Å². The Morgan fingerprint density at radius 3 is 2.18 bits per heavy atom. The third kappa shape index (κ3) is 5.59. The van der Waals surface area contributed by atoms with Gasteiger partial charge in [0, 0.05) is 10.9 Å². The predicted octanol–water partition coefficient (Wildman–Crippen LogP) is 5.03. The summed E-state index contributed by atoms with van der Waals surface area (Å²) in [6.07, 6.45) is 0.236. The minimum absolute atomic E-state index is 0.153. The predicted molar refractivity (Wildman–Crippen MR) is 134 cm³/mol. The maximum absolute atomic E-state index is 12.5. The van der Waals surface area contributed by atoms with Crippen molar-refractivity contribution in [2.75, 3.05) is 24.9 Å². The number of amides is 2. The Morgan fingerprint density at radius 2 is 1.53 bits per heavy atom. The summed E-state index contributed by atoms with van der Waals surface area (Å²) in [4.78, 5) is 34.8. The molecule has 174 valence electrons. The van der Waals surface area contributed by atoms with Crippen LogP contribution < -0.4 is 20.1 Å². The molecule has 2 aromatic heterocycles. The molecule has 2 aromatic carbocycles.